The fourth-order valence-corrected chi connectivity index (χ4v) is 3.07. The Hall–Kier alpha value is -1.95. The fraction of sp³-hybridized carbons (Fsp3) is 0.250. The first-order valence-corrected chi connectivity index (χ1v) is 6.55. The smallest absolute Gasteiger partial charge is 0.259 e. The second-order valence-corrected chi connectivity index (χ2v) is 5.24. The van der Waals surface area contributed by atoms with Crippen LogP contribution in [0.3, 0.4) is 0 Å². The van der Waals surface area contributed by atoms with Crippen LogP contribution >= 0.6 is 11.3 Å². The van der Waals surface area contributed by atoms with E-state index in [-0.39, 0.29) is 5.91 Å². The van der Waals surface area contributed by atoms with Crippen molar-refractivity contribution in [2.45, 2.75) is 19.3 Å². The number of nitrogens with one attached hydrogen (secondary N) is 1. The topological polar surface area (TPSA) is 80.9 Å². The molecule has 3 rings (SSSR count). The predicted molar refractivity (Wildman–Crippen MR) is 70.7 cm³/mol. The number of anilines is 2. The molecule has 0 saturated heterocycles. The van der Waals surface area contributed by atoms with Gasteiger partial charge in [0, 0.05) is 11.1 Å². The molecule has 0 aromatic carbocycles. The normalized spacial score (nSPS) is 13.3. The minimum Gasteiger partial charge on any atom is -0.397 e. The van der Waals surface area contributed by atoms with E-state index < -0.39 is 0 Å². The van der Waals surface area contributed by atoms with E-state index >= 15 is 0 Å². The lowest BCUT2D eigenvalue weighted by Crippen LogP contribution is -2.14. The molecule has 92 valence electrons. The summed E-state index contributed by atoms with van der Waals surface area (Å²) >= 11 is 1.55. The van der Waals surface area contributed by atoms with Gasteiger partial charge in [-0.2, -0.15) is 0 Å². The van der Waals surface area contributed by atoms with Crippen LogP contribution in [0.5, 0.6) is 0 Å². The first kappa shape index (κ1) is 11.2. The molecule has 2 aromatic heterocycles. The first-order valence-electron chi connectivity index (χ1n) is 5.73. The van der Waals surface area contributed by atoms with Crippen LogP contribution < -0.4 is 11.1 Å². The van der Waals surface area contributed by atoms with Gasteiger partial charge in [-0.3, -0.25) is 15.1 Å². The Morgan fingerprint density at radius 3 is 3.11 bits per heavy atom. The molecular formula is C12H12N4OS. The molecule has 0 atom stereocenters. The molecule has 0 fully saturated rings. The zero-order chi connectivity index (χ0) is 12.5. The maximum absolute atomic E-state index is 12.0. The summed E-state index contributed by atoms with van der Waals surface area (Å²) in [4.78, 5) is 21.6. The molecule has 5 nitrogen and oxygen atoms in total. The SMILES string of the molecule is Nc1cnccc1C(=O)Nc1nc2c(s1)CCC2. The van der Waals surface area contributed by atoms with Crippen molar-refractivity contribution in [3.05, 3.63) is 34.6 Å². The van der Waals surface area contributed by atoms with Crippen LogP contribution in [0.4, 0.5) is 10.8 Å². The monoisotopic (exact) mass is 260 g/mol. The van der Waals surface area contributed by atoms with E-state index in [0.29, 0.717) is 16.4 Å². The molecule has 1 aliphatic carbocycles. The Bertz CT molecular complexity index is 586. The lowest BCUT2D eigenvalue weighted by Gasteiger charge is -2.03. The number of hydrogen-bond acceptors (Lipinski definition) is 5. The predicted octanol–water partition coefficient (Wildman–Crippen LogP) is 1.86. The second kappa shape index (κ2) is 4.38. The van der Waals surface area contributed by atoms with Crippen molar-refractivity contribution in [3.63, 3.8) is 0 Å². The van der Waals surface area contributed by atoms with E-state index in [0.717, 1.165) is 18.5 Å². The lowest BCUT2D eigenvalue weighted by atomic mass is 10.2. The first-order chi connectivity index (χ1) is 8.74. The van der Waals surface area contributed by atoms with E-state index in [2.05, 4.69) is 15.3 Å². The van der Waals surface area contributed by atoms with Crippen molar-refractivity contribution in [2.24, 2.45) is 0 Å². The highest BCUT2D eigenvalue weighted by Crippen LogP contribution is 2.30. The Morgan fingerprint density at radius 2 is 2.33 bits per heavy atom. The van der Waals surface area contributed by atoms with Crippen LogP contribution in [-0.2, 0) is 12.8 Å². The van der Waals surface area contributed by atoms with Crippen LogP contribution in [0.15, 0.2) is 18.5 Å². The molecule has 6 heteroatoms. The van der Waals surface area contributed by atoms with Gasteiger partial charge in [0.1, 0.15) is 0 Å². The highest BCUT2D eigenvalue weighted by atomic mass is 32.1. The number of nitrogens with zero attached hydrogens (tertiary/aromatic N) is 2. The summed E-state index contributed by atoms with van der Waals surface area (Å²) in [7, 11) is 0. The molecular weight excluding hydrogens is 248 g/mol. The standard InChI is InChI=1S/C12H12N4OS/c13-8-6-14-5-4-7(8)11(17)16-12-15-9-2-1-3-10(9)18-12/h4-6H,1-3,13H2,(H,15,16,17). The number of thiazole rings is 1. The molecule has 1 aliphatic rings. The summed E-state index contributed by atoms with van der Waals surface area (Å²) < 4.78 is 0. The van der Waals surface area contributed by atoms with E-state index in [1.165, 1.54) is 17.5 Å². The number of pyridine rings is 1. The lowest BCUT2D eigenvalue weighted by molar-refractivity contribution is 0.102. The maximum atomic E-state index is 12.0. The van der Waals surface area contributed by atoms with Crippen LogP contribution in [-0.4, -0.2) is 15.9 Å². The van der Waals surface area contributed by atoms with Crippen molar-refractivity contribution >= 4 is 28.1 Å². The number of aromatic nitrogens is 2. The van der Waals surface area contributed by atoms with Gasteiger partial charge in [0.15, 0.2) is 5.13 Å². The van der Waals surface area contributed by atoms with Gasteiger partial charge < -0.3 is 5.73 Å². The fourth-order valence-electron chi connectivity index (χ4n) is 2.02. The van der Waals surface area contributed by atoms with Crippen LogP contribution in [0.25, 0.3) is 0 Å². The average molecular weight is 260 g/mol. The number of carbonyl (C=O) groups is 1. The molecule has 0 unspecified atom stereocenters. The summed E-state index contributed by atoms with van der Waals surface area (Å²) in [5.41, 5.74) is 7.64. The van der Waals surface area contributed by atoms with Gasteiger partial charge in [-0.1, -0.05) is 0 Å². The van der Waals surface area contributed by atoms with Crippen molar-refractivity contribution in [1.29, 1.82) is 0 Å². The second-order valence-electron chi connectivity index (χ2n) is 4.16. The number of rotatable bonds is 2. The summed E-state index contributed by atoms with van der Waals surface area (Å²) in [6.07, 6.45) is 6.27. The molecule has 0 bridgehead atoms. The van der Waals surface area contributed by atoms with Gasteiger partial charge in [-0.05, 0) is 25.3 Å². The number of fused-ring (bicyclic) bond motifs is 1. The Kier molecular flexibility index (Phi) is 2.71. The summed E-state index contributed by atoms with van der Waals surface area (Å²) in [6.45, 7) is 0. The van der Waals surface area contributed by atoms with Gasteiger partial charge >= 0.3 is 0 Å². The summed E-state index contributed by atoms with van der Waals surface area (Å²) in [5.74, 6) is -0.234. The molecule has 1 amide bonds. The van der Waals surface area contributed by atoms with E-state index in [1.807, 2.05) is 0 Å². The highest BCUT2D eigenvalue weighted by Gasteiger charge is 2.18. The van der Waals surface area contributed by atoms with E-state index in [4.69, 9.17) is 5.73 Å². The third-order valence-corrected chi connectivity index (χ3v) is 3.99. The Balaban J connectivity index is 1.80. The van der Waals surface area contributed by atoms with Gasteiger partial charge in [0.2, 0.25) is 0 Å². The Morgan fingerprint density at radius 1 is 1.44 bits per heavy atom. The minimum atomic E-state index is -0.234. The third kappa shape index (κ3) is 1.95. The number of carbonyl (C=O) groups excluding carboxylic acids is 1. The zero-order valence-electron chi connectivity index (χ0n) is 9.64. The van der Waals surface area contributed by atoms with Crippen molar-refractivity contribution in [2.75, 3.05) is 11.1 Å². The maximum Gasteiger partial charge on any atom is 0.259 e. The quantitative estimate of drug-likeness (QED) is 0.863. The largest absolute Gasteiger partial charge is 0.397 e. The van der Waals surface area contributed by atoms with Crippen molar-refractivity contribution in [1.82, 2.24) is 9.97 Å². The molecule has 18 heavy (non-hydrogen) atoms. The number of nitrogens with two attached hydrogens (primary N) is 1. The van der Waals surface area contributed by atoms with Gasteiger partial charge in [-0.15, -0.1) is 11.3 Å². The molecule has 0 aliphatic heterocycles. The summed E-state index contributed by atoms with van der Waals surface area (Å²) in [6, 6.07) is 1.60. The number of nitrogen functional groups attached to an aromatic ring is 1. The van der Waals surface area contributed by atoms with Gasteiger partial charge in [-0.25, -0.2) is 4.98 Å². The number of hydrogen-bond donors (Lipinski definition) is 2. The third-order valence-electron chi connectivity index (χ3n) is 2.91. The van der Waals surface area contributed by atoms with Crippen LogP contribution in [0, 0.1) is 0 Å². The van der Waals surface area contributed by atoms with Gasteiger partial charge in [0.05, 0.1) is 23.1 Å². The van der Waals surface area contributed by atoms with Crippen LogP contribution in [0.1, 0.15) is 27.3 Å². The molecule has 0 spiro atoms. The minimum absolute atomic E-state index is 0.234. The number of amides is 1. The van der Waals surface area contributed by atoms with Crippen molar-refractivity contribution in [3.8, 4) is 0 Å². The highest BCUT2D eigenvalue weighted by molar-refractivity contribution is 7.16. The van der Waals surface area contributed by atoms with Gasteiger partial charge in [0.25, 0.3) is 5.91 Å². The number of aryl methyl sites for hydroxylation is 2. The Labute approximate surface area is 108 Å². The summed E-state index contributed by atoms with van der Waals surface area (Å²) in [5, 5.41) is 3.44. The molecule has 0 saturated carbocycles. The van der Waals surface area contributed by atoms with Crippen molar-refractivity contribution < 1.29 is 4.79 Å². The van der Waals surface area contributed by atoms with E-state index in [1.54, 1.807) is 23.6 Å². The molecule has 0 radical (unpaired) electrons. The molecule has 3 N–H and O–H groups in total. The zero-order valence-corrected chi connectivity index (χ0v) is 10.5. The average Bonchev–Trinajstić information content (AvgIpc) is 2.90. The van der Waals surface area contributed by atoms with E-state index in [9.17, 15) is 4.79 Å². The van der Waals surface area contributed by atoms with Crippen LogP contribution in [0.2, 0.25) is 0 Å². The molecule has 2 aromatic rings. The molecule has 2 heterocycles.